The standard InChI is InChI=1S/C48H33Cl6N3O6/c49-34-13-7-14-35(50)46(34)55-40-19-4-1-10-28(40)22-43(58)61-31-25-32(62-44(59)23-29-11-2-5-20-41(29)56-47-36(51)15-8-16-37(47)52)27-33(26-31)63-45(60)24-30-12-3-6-21-42(30)57-48-38(53)17-9-18-39(48)54/h1-21,25-27,55-57H,22-24H2. The van der Waals surface area contributed by atoms with Crippen LogP contribution >= 0.6 is 69.6 Å². The Bertz CT molecular complexity index is 2460. The minimum absolute atomic E-state index is 0.0569. The molecule has 63 heavy (non-hydrogen) atoms. The first-order valence-corrected chi connectivity index (χ1v) is 21.3. The van der Waals surface area contributed by atoms with Crippen molar-refractivity contribution in [2.75, 3.05) is 16.0 Å². The third-order valence-corrected chi connectivity index (χ3v) is 11.2. The number of carbonyl (C=O) groups excluding carboxylic acids is 3. The molecule has 0 saturated heterocycles. The third-order valence-electron chi connectivity index (χ3n) is 9.27. The summed E-state index contributed by atoms with van der Waals surface area (Å²) in [6.45, 7) is 0. The van der Waals surface area contributed by atoms with E-state index < -0.39 is 17.9 Å². The Labute approximate surface area is 392 Å². The fraction of sp³-hybridized carbons (Fsp3) is 0.0625. The summed E-state index contributed by atoms with van der Waals surface area (Å²) in [5.74, 6) is -2.19. The van der Waals surface area contributed by atoms with Gasteiger partial charge in [0.05, 0.1) is 66.5 Å². The van der Waals surface area contributed by atoms with Crippen LogP contribution in [0.15, 0.2) is 146 Å². The van der Waals surface area contributed by atoms with Crippen LogP contribution in [0.25, 0.3) is 0 Å². The van der Waals surface area contributed by atoms with E-state index in [0.29, 0.717) is 81.0 Å². The zero-order valence-electron chi connectivity index (χ0n) is 32.7. The van der Waals surface area contributed by atoms with Crippen molar-refractivity contribution in [1.29, 1.82) is 0 Å². The van der Waals surface area contributed by atoms with Gasteiger partial charge in [0.15, 0.2) is 0 Å². The minimum Gasteiger partial charge on any atom is -0.426 e. The molecule has 7 aromatic rings. The molecule has 15 heteroatoms. The van der Waals surface area contributed by atoms with E-state index in [-0.39, 0.29) is 36.5 Å². The van der Waals surface area contributed by atoms with E-state index in [1.165, 1.54) is 18.2 Å². The normalized spacial score (nSPS) is 10.8. The number of anilines is 6. The van der Waals surface area contributed by atoms with Gasteiger partial charge in [-0.2, -0.15) is 0 Å². The second kappa shape index (κ2) is 21.0. The molecule has 0 aliphatic carbocycles. The molecule has 7 rings (SSSR count). The van der Waals surface area contributed by atoms with Crippen molar-refractivity contribution >= 4 is 122 Å². The summed E-state index contributed by atoms with van der Waals surface area (Å²) >= 11 is 38.4. The molecule has 9 nitrogen and oxygen atoms in total. The maximum absolute atomic E-state index is 13.6. The molecular weight excluding hydrogens is 927 g/mol. The SMILES string of the molecule is O=C(Cc1ccccc1Nc1c(Cl)cccc1Cl)Oc1cc(OC(=O)Cc2ccccc2Nc2c(Cl)cccc2Cl)cc(OC(=O)Cc2ccccc2Nc2c(Cl)cccc2Cl)c1. The first-order valence-electron chi connectivity index (χ1n) is 19.0. The molecule has 0 aliphatic rings. The molecule has 0 atom stereocenters. The van der Waals surface area contributed by atoms with Crippen molar-refractivity contribution in [3.63, 3.8) is 0 Å². The lowest BCUT2D eigenvalue weighted by atomic mass is 10.1. The number of para-hydroxylation sites is 6. The summed E-state index contributed by atoms with van der Waals surface area (Å²) in [6.07, 6.45) is -0.575. The van der Waals surface area contributed by atoms with Crippen LogP contribution in [-0.2, 0) is 33.6 Å². The van der Waals surface area contributed by atoms with Gasteiger partial charge in [-0.25, -0.2) is 0 Å². The molecule has 0 fully saturated rings. The first-order chi connectivity index (χ1) is 30.4. The number of halogens is 6. The molecule has 0 unspecified atom stereocenters. The molecule has 0 bridgehead atoms. The number of carbonyl (C=O) groups is 3. The number of ether oxygens (including phenoxy) is 3. The lowest BCUT2D eigenvalue weighted by Gasteiger charge is -2.16. The molecule has 7 aromatic carbocycles. The first kappa shape index (κ1) is 45.1. The van der Waals surface area contributed by atoms with Crippen molar-refractivity contribution in [3.05, 3.63) is 192 Å². The van der Waals surface area contributed by atoms with Gasteiger partial charge in [-0.1, -0.05) is 142 Å². The summed E-state index contributed by atoms with van der Waals surface area (Å²) < 4.78 is 17.4. The van der Waals surface area contributed by atoms with Crippen LogP contribution < -0.4 is 30.2 Å². The molecule has 0 spiro atoms. The van der Waals surface area contributed by atoms with Crippen molar-refractivity contribution in [3.8, 4) is 17.2 Å². The summed E-state index contributed by atoms with van der Waals surface area (Å²) in [4.78, 5) is 40.7. The monoisotopic (exact) mass is 957 g/mol. The highest BCUT2D eigenvalue weighted by atomic mass is 35.5. The van der Waals surface area contributed by atoms with Gasteiger partial charge in [-0.05, 0) is 71.3 Å². The second-order valence-electron chi connectivity index (χ2n) is 13.7. The molecule has 0 saturated carbocycles. The van der Waals surface area contributed by atoms with Gasteiger partial charge in [0.25, 0.3) is 0 Å². The van der Waals surface area contributed by atoms with E-state index in [9.17, 15) is 14.4 Å². The highest BCUT2D eigenvalue weighted by Gasteiger charge is 2.19. The number of benzene rings is 7. The fourth-order valence-electron chi connectivity index (χ4n) is 6.34. The van der Waals surface area contributed by atoms with Crippen molar-refractivity contribution < 1.29 is 28.6 Å². The van der Waals surface area contributed by atoms with Crippen molar-refractivity contribution in [2.45, 2.75) is 19.3 Å². The molecule has 318 valence electrons. The van der Waals surface area contributed by atoms with Crippen LogP contribution in [0.4, 0.5) is 34.1 Å². The Hall–Kier alpha value is -5.91. The summed E-state index contributed by atoms with van der Waals surface area (Å²) in [7, 11) is 0. The number of nitrogens with one attached hydrogen (secondary N) is 3. The molecule has 0 heterocycles. The van der Waals surface area contributed by atoms with Crippen molar-refractivity contribution in [2.24, 2.45) is 0 Å². The Morgan fingerprint density at radius 2 is 0.587 bits per heavy atom. The van der Waals surface area contributed by atoms with Crippen LogP contribution in [-0.4, -0.2) is 17.9 Å². The lowest BCUT2D eigenvalue weighted by molar-refractivity contribution is -0.134. The minimum atomic E-state index is -0.674. The Balaban J connectivity index is 1.12. The van der Waals surface area contributed by atoms with Crippen LogP contribution in [0.5, 0.6) is 17.2 Å². The molecular formula is C48H33Cl6N3O6. The zero-order valence-corrected chi connectivity index (χ0v) is 37.2. The number of rotatable bonds is 15. The molecule has 0 aromatic heterocycles. The largest absolute Gasteiger partial charge is 0.426 e. The molecule has 0 aliphatic heterocycles. The molecule has 0 radical (unpaired) electrons. The van der Waals surface area contributed by atoms with Crippen molar-refractivity contribution in [1.82, 2.24) is 0 Å². The Kier molecular flexibility index (Phi) is 15.0. The summed E-state index contributed by atoms with van der Waals surface area (Å²) in [5.41, 5.74) is 4.84. The van der Waals surface area contributed by atoms with Gasteiger partial charge in [0, 0.05) is 35.3 Å². The Morgan fingerprint density at radius 1 is 0.349 bits per heavy atom. The topological polar surface area (TPSA) is 115 Å². The summed E-state index contributed by atoms with van der Waals surface area (Å²) in [6, 6.07) is 40.6. The maximum atomic E-state index is 13.6. The molecule has 3 N–H and O–H groups in total. The van der Waals surface area contributed by atoms with Gasteiger partial charge >= 0.3 is 17.9 Å². The quantitative estimate of drug-likeness (QED) is 0.0682. The van der Waals surface area contributed by atoms with Gasteiger partial charge < -0.3 is 30.2 Å². The van der Waals surface area contributed by atoms with E-state index in [1.807, 2.05) is 0 Å². The predicted octanol–water partition coefficient (Wildman–Crippen LogP) is 14.3. The van der Waals surface area contributed by atoms with Gasteiger partial charge in [-0.15, -0.1) is 0 Å². The van der Waals surface area contributed by atoms with Crippen LogP contribution in [0.3, 0.4) is 0 Å². The Morgan fingerprint density at radius 3 is 0.841 bits per heavy atom. The zero-order chi connectivity index (χ0) is 44.5. The maximum Gasteiger partial charge on any atom is 0.315 e. The van der Waals surface area contributed by atoms with E-state index in [2.05, 4.69) is 16.0 Å². The number of esters is 3. The van der Waals surface area contributed by atoms with Gasteiger partial charge in [-0.3, -0.25) is 14.4 Å². The summed E-state index contributed by atoms with van der Waals surface area (Å²) in [5, 5.41) is 12.0. The average Bonchev–Trinajstić information content (AvgIpc) is 3.23. The van der Waals surface area contributed by atoms with Crippen LogP contribution in [0.1, 0.15) is 16.7 Å². The van der Waals surface area contributed by atoms with E-state index in [4.69, 9.17) is 83.8 Å². The molecule has 0 amide bonds. The van der Waals surface area contributed by atoms with E-state index in [1.54, 1.807) is 127 Å². The highest BCUT2D eigenvalue weighted by Crippen LogP contribution is 2.37. The van der Waals surface area contributed by atoms with E-state index >= 15 is 0 Å². The number of hydrogen-bond donors (Lipinski definition) is 3. The second-order valence-corrected chi connectivity index (χ2v) is 16.2. The van der Waals surface area contributed by atoms with Gasteiger partial charge in [0.2, 0.25) is 0 Å². The van der Waals surface area contributed by atoms with Gasteiger partial charge in [0.1, 0.15) is 17.2 Å². The lowest BCUT2D eigenvalue weighted by Crippen LogP contribution is -2.15. The highest BCUT2D eigenvalue weighted by molar-refractivity contribution is 6.40. The van der Waals surface area contributed by atoms with Crippen LogP contribution in [0, 0.1) is 0 Å². The number of hydrogen-bond acceptors (Lipinski definition) is 9. The third kappa shape index (κ3) is 12.0. The van der Waals surface area contributed by atoms with Crippen LogP contribution in [0.2, 0.25) is 30.1 Å². The predicted molar refractivity (Wildman–Crippen MR) is 253 cm³/mol. The fourth-order valence-corrected chi connectivity index (χ4v) is 7.81. The van der Waals surface area contributed by atoms with E-state index in [0.717, 1.165) is 0 Å². The average molecular weight is 961 g/mol. The smallest absolute Gasteiger partial charge is 0.315 e.